The average Bonchev–Trinajstić information content (AvgIpc) is 3.22. The Labute approximate surface area is 154 Å². The number of alkyl halides is 1. The van der Waals surface area contributed by atoms with Crippen molar-refractivity contribution in [3.63, 3.8) is 0 Å². The molecule has 4 rings (SSSR count). The normalized spacial score (nSPS) is 40.3. The molecular weight excluding hydrogens is 339 g/mol. The number of rotatable bonds is 5. The molecule has 0 spiro atoms. The van der Waals surface area contributed by atoms with Gasteiger partial charge in [-0.05, 0) is 25.2 Å². The zero-order chi connectivity index (χ0) is 18.1. The number of carbonyl (C=O) groups excluding carboxylic acids is 1. The van der Waals surface area contributed by atoms with Gasteiger partial charge in [0.1, 0.15) is 12.2 Å². The molecule has 1 amide bonds. The summed E-state index contributed by atoms with van der Waals surface area (Å²) in [6.07, 6.45) is 3.52. The largest absolute Gasteiger partial charge is 0.380 e. The fourth-order valence-corrected chi connectivity index (χ4v) is 4.55. The molecular formula is C18H31FN4O3. The first kappa shape index (κ1) is 18.6. The molecule has 3 aliphatic heterocycles. The van der Waals surface area contributed by atoms with Crippen LogP contribution >= 0.6 is 0 Å². The number of hydrazine groups is 1. The zero-order valence-electron chi connectivity index (χ0n) is 15.5. The van der Waals surface area contributed by atoms with Crippen molar-refractivity contribution in [1.29, 1.82) is 0 Å². The topological polar surface area (TPSA) is 74.9 Å². The summed E-state index contributed by atoms with van der Waals surface area (Å²) in [5.41, 5.74) is 6.25. The third-order valence-electron chi connectivity index (χ3n) is 6.31. The van der Waals surface area contributed by atoms with Gasteiger partial charge in [0.2, 0.25) is 5.91 Å². The van der Waals surface area contributed by atoms with Crippen molar-refractivity contribution in [1.82, 2.24) is 21.2 Å². The molecule has 5 atom stereocenters. The van der Waals surface area contributed by atoms with Crippen LogP contribution < -0.4 is 16.2 Å². The van der Waals surface area contributed by atoms with Gasteiger partial charge in [0, 0.05) is 31.5 Å². The van der Waals surface area contributed by atoms with Crippen LogP contribution in [0.4, 0.5) is 4.39 Å². The molecule has 148 valence electrons. The minimum Gasteiger partial charge on any atom is -0.380 e. The smallest absolute Gasteiger partial charge is 0.239 e. The van der Waals surface area contributed by atoms with Crippen molar-refractivity contribution in [2.24, 2.45) is 11.3 Å². The second kappa shape index (κ2) is 7.67. The number of nitrogens with zero attached hydrogens (tertiary/aromatic N) is 1. The third kappa shape index (κ3) is 4.04. The fourth-order valence-electron chi connectivity index (χ4n) is 4.55. The lowest BCUT2D eigenvalue weighted by molar-refractivity contribution is -0.177. The van der Waals surface area contributed by atoms with Crippen LogP contribution in [-0.4, -0.2) is 68.1 Å². The van der Waals surface area contributed by atoms with Gasteiger partial charge >= 0.3 is 0 Å². The summed E-state index contributed by atoms with van der Waals surface area (Å²) in [5, 5.41) is 5.25. The lowest BCUT2D eigenvalue weighted by Gasteiger charge is -2.41. The van der Waals surface area contributed by atoms with Gasteiger partial charge < -0.3 is 10.1 Å². The van der Waals surface area contributed by atoms with Crippen LogP contribution in [0, 0.1) is 11.3 Å². The van der Waals surface area contributed by atoms with Gasteiger partial charge in [0.15, 0.2) is 0 Å². The number of hydroxylamine groups is 1. The SMILES string of the molecule is CC1(C2CC(C(=O)NC3CNN(CC4CCCC(F)C4)C3)NO2)COC1. The lowest BCUT2D eigenvalue weighted by atomic mass is 9.80. The Morgan fingerprint density at radius 1 is 1.35 bits per heavy atom. The van der Waals surface area contributed by atoms with Crippen LogP contribution in [0.2, 0.25) is 0 Å². The van der Waals surface area contributed by atoms with Crippen molar-refractivity contribution < 1.29 is 18.8 Å². The summed E-state index contributed by atoms with van der Waals surface area (Å²) >= 11 is 0. The molecule has 26 heavy (non-hydrogen) atoms. The van der Waals surface area contributed by atoms with Crippen molar-refractivity contribution in [3.05, 3.63) is 0 Å². The first-order valence-electron chi connectivity index (χ1n) is 9.94. The highest BCUT2D eigenvalue weighted by molar-refractivity contribution is 5.82. The van der Waals surface area contributed by atoms with Crippen LogP contribution in [0.5, 0.6) is 0 Å². The average molecular weight is 370 g/mol. The summed E-state index contributed by atoms with van der Waals surface area (Å²) in [4.78, 5) is 18.2. The first-order chi connectivity index (χ1) is 12.5. The van der Waals surface area contributed by atoms with Gasteiger partial charge in [-0.15, -0.1) is 0 Å². The van der Waals surface area contributed by atoms with Gasteiger partial charge in [-0.3, -0.25) is 15.1 Å². The number of hydrogen-bond donors (Lipinski definition) is 3. The van der Waals surface area contributed by atoms with E-state index in [1.54, 1.807) is 0 Å². The van der Waals surface area contributed by atoms with E-state index in [0.29, 0.717) is 38.4 Å². The van der Waals surface area contributed by atoms with Gasteiger partial charge in [-0.25, -0.2) is 9.40 Å². The number of nitrogens with one attached hydrogen (secondary N) is 3. The highest BCUT2D eigenvalue weighted by atomic mass is 19.1. The highest BCUT2D eigenvalue weighted by Crippen LogP contribution is 2.36. The van der Waals surface area contributed by atoms with E-state index in [1.165, 1.54) is 0 Å². The quantitative estimate of drug-likeness (QED) is 0.655. The number of carbonyl (C=O) groups is 1. The third-order valence-corrected chi connectivity index (χ3v) is 6.31. The number of hydrogen-bond acceptors (Lipinski definition) is 6. The Morgan fingerprint density at radius 2 is 2.19 bits per heavy atom. The van der Waals surface area contributed by atoms with Gasteiger partial charge in [-0.1, -0.05) is 13.3 Å². The van der Waals surface area contributed by atoms with E-state index >= 15 is 0 Å². The molecule has 0 aromatic rings. The number of ether oxygens (including phenoxy) is 1. The van der Waals surface area contributed by atoms with Gasteiger partial charge in [0.05, 0.1) is 25.4 Å². The lowest BCUT2D eigenvalue weighted by Crippen LogP contribution is -2.49. The second-order valence-electron chi connectivity index (χ2n) is 8.76. The molecule has 3 saturated heterocycles. The standard InChI is InChI=1S/C18H31FN4O3/c1-18(10-25-11-18)16-6-15(22-26-16)17(24)21-14-7-20-23(9-14)8-12-3-2-4-13(19)5-12/h12-16,20,22H,2-11H2,1H3,(H,21,24). The Bertz CT molecular complexity index is 519. The van der Waals surface area contributed by atoms with Gasteiger partial charge in [0.25, 0.3) is 0 Å². The summed E-state index contributed by atoms with van der Waals surface area (Å²) < 4.78 is 18.8. The van der Waals surface area contributed by atoms with Gasteiger partial charge in [-0.2, -0.15) is 5.48 Å². The van der Waals surface area contributed by atoms with E-state index < -0.39 is 6.17 Å². The summed E-state index contributed by atoms with van der Waals surface area (Å²) in [6.45, 7) is 5.86. The molecule has 0 radical (unpaired) electrons. The van der Waals surface area contributed by atoms with E-state index in [4.69, 9.17) is 9.57 Å². The maximum atomic E-state index is 13.6. The zero-order valence-corrected chi connectivity index (χ0v) is 15.5. The molecule has 4 aliphatic rings. The van der Waals surface area contributed by atoms with E-state index in [2.05, 4.69) is 28.2 Å². The minimum atomic E-state index is -0.642. The Morgan fingerprint density at radius 3 is 2.92 bits per heavy atom. The molecule has 3 heterocycles. The van der Waals surface area contributed by atoms with E-state index in [9.17, 15) is 9.18 Å². The second-order valence-corrected chi connectivity index (χ2v) is 8.76. The Kier molecular flexibility index (Phi) is 5.48. The monoisotopic (exact) mass is 370 g/mol. The molecule has 0 aromatic heterocycles. The van der Waals surface area contributed by atoms with Crippen LogP contribution in [0.25, 0.3) is 0 Å². The van der Waals surface area contributed by atoms with E-state index in [0.717, 1.165) is 32.5 Å². The predicted octanol–water partition coefficient (Wildman–Crippen LogP) is 0.518. The van der Waals surface area contributed by atoms with Crippen molar-refractivity contribution >= 4 is 5.91 Å². The molecule has 3 N–H and O–H groups in total. The Hall–Kier alpha value is -0.800. The van der Waals surface area contributed by atoms with Crippen LogP contribution in [0.3, 0.4) is 0 Å². The first-order valence-corrected chi connectivity index (χ1v) is 9.94. The molecule has 1 aliphatic carbocycles. The summed E-state index contributed by atoms with van der Waals surface area (Å²) in [6, 6.07) is -0.229. The molecule has 4 fully saturated rings. The van der Waals surface area contributed by atoms with Crippen LogP contribution in [0.15, 0.2) is 0 Å². The maximum Gasteiger partial charge on any atom is 0.239 e. The van der Waals surface area contributed by atoms with E-state index in [1.807, 2.05) is 0 Å². The summed E-state index contributed by atoms with van der Waals surface area (Å²) in [5.74, 6) is 0.406. The Balaban J connectivity index is 1.19. The number of halogens is 1. The molecule has 8 heteroatoms. The van der Waals surface area contributed by atoms with E-state index in [-0.39, 0.29) is 29.5 Å². The maximum absolute atomic E-state index is 13.6. The minimum absolute atomic E-state index is 0.00789. The van der Waals surface area contributed by atoms with Crippen LogP contribution in [0.1, 0.15) is 39.0 Å². The molecule has 0 bridgehead atoms. The molecule has 1 saturated carbocycles. The highest BCUT2D eigenvalue weighted by Gasteiger charge is 2.47. The van der Waals surface area contributed by atoms with Crippen molar-refractivity contribution in [3.8, 4) is 0 Å². The molecule has 5 unspecified atom stereocenters. The molecule has 0 aromatic carbocycles. The van der Waals surface area contributed by atoms with Crippen molar-refractivity contribution in [2.45, 2.75) is 63.4 Å². The summed E-state index contributed by atoms with van der Waals surface area (Å²) in [7, 11) is 0. The predicted molar refractivity (Wildman–Crippen MR) is 93.7 cm³/mol. The van der Waals surface area contributed by atoms with Crippen LogP contribution in [-0.2, 0) is 14.4 Å². The number of amides is 1. The van der Waals surface area contributed by atoms with Crippen molar-refractivity contribution in [2.75, 3.05) is 32.8 Å². The fraction of sp³-hybridized carbons (Fsp3) is 0.944. The molecule has 7 nitrogen and oxygen atoms in total.